The van der Waals surface area contributed by atoms with Crippen molar-refractivity contribution in [2.75, 3.05) is 13.7 Å². The zero-order valence-electron chi connectivity index (χ0n) is 14.5. The van der Waals surface area contributed by atoms with Gasteiger partial charge in [0.25, 0.3) is 0 Å². The minimum Gasteiger partial charge on any atom is -0.497 e. The summed E-state index contributed by atoms with van der Waals surface area (Å²) in [6.45, 7) is 0.481. The SMILES string of the molecule is COc1ccc(-c2n[nH]c(CCNC(=O)/C=C/c3ccccc3)n2)cc1. The summed E-state index contributed by atoms with van der Waals surface area (Å²) in [5.74, 6) is 2.00. The molecule has 0 bridgehead atoms. The number of benzene rings is 2. The summed E-state index contributed by atoms with van der Waals surface area (Å²) < 4.78 is 5.14. The minimum atomic E-state index is -0.135. The lowest BCUT2D eigenvalue weighted by molar-refractivity contribution is -0.116. The fourth-order valence-corrected chi connectivity index (χ4v) is 2.38. The van der Waals surface area contributed by atoms with Gasteiger partial charge in [0.15, 0.2) is 5.82 Å². The molecule has 0 spiro atoms. The number of ether oxygens (including phenoxy) is 1. The van der Waals surface area contributed by atoms with Gasteiger partial charge in [-0.05, 0) is 35.9 Å². The van der Waals surface area contributed by atoms with Crippen LogP contribution in [0.5, 0.6) is 5.75 Å². The van der Waals surface area contributed by atoms with Crippen molar-refractivity contribution in [3.63, 3.8) is 0 Å². The van der Waals surface area contributed by atoms with Crippen molar-refractivity contribution >= 4 is 12.0 Å². The molecular weight excluding hydrogens is 328 g/mol. The first kappa shape index (κ1) is 17.4. The molecule has 2 N–H and O–H groups in total. The number of hydrogen-bond acceptors (Lipinski definition) is 4. The molecule has 3 rings (SSSR count). The van der Waals surface area contributed by atoms with Crippen molar-refractivity contribution in [3.05, 3.63) is 72.1 Å². The molecule has 26 heavy (non-hydrogen) atoms. The molecule has 132 valence electrons. The molecule has 0 aliphatic heterocycles. The normalized spacial score (nSPS) is 10.8. The van der Waals surface area contributed by atoms with Crippen LogP contribution in [0, 0.1) is 0 Å². The van der Waals surface area contributed by atoms with Crippen molar-refractivity contribution in [3.8, 4) is 17.1 Å². The van der Waals surface area contributed by atoms with E-state index in [1.54, 1.807) is 13.2 Å². The molecule has 1 aromatic heterocycles. The van der Waals surface area contributed by atoms with Crippen LogP contribution < -0.4 is 10.1 Å². The number of aromatic amines is 1. The van der Waals surface area contributed by atoms with Crippen molar-refractivity contribution in [1.82, 2.24) is 20.5 Å². The van der Waals surface area contributed by atoms with Gasteiger partial charge in [-0.1, -0.05) is 30.3 Å². The highest BCUT2D eigenvalue weighted by Gasteiger charge is 2.06. The van der Waals surface area contributed by atoms with E-state index in [1.807, 2.05) is 54.6 Å². The van der Waals surface area contributed by atoms with E-state index in [0.717, 1.165) is 22.7 Å². The second kappa shape index (κ2) is 8.62. The van der Waals surface area contributed by atoms with Crippen molar-refractivity contribution < 1.29 is 9.53 Å². The summed E-state index contributed by atoms with van der Waals surface area (Å²) in [4.78, 5) is 16.3. The van der Waals surface area contributed by atoms with Crippen LogP contribution in [0.15, 0.2) is 60.7 Å². The molecule has 1 heterocycles. The van der Waals surface area contributed by atoms with E-state index < -0.39 is 0 Å². The molecule has 2 aromatic carbocycles. The summed E-state index contributed by atoms with van der Waals surface area (Å²) in [6.07, 6.45) is 3.89. The van der Waals surface area contributed by atoms with Crippen LogP contribution >= 0.6 is 0 Å². The Kier molecular flexibility index (Phi) is 5.77. The molecule has 1 amide bonds. The molecule has 0 aliphatic carbocycles. The number of nitrogens with zero attached hydrogens (tertiary/aromatic N) is 2. The Hall–Kier alpha value is -3.41. The van der Waals surface area contributed by atoms with Gasteiger partial charge in [0.2, 0.25) is 5.91 Å². The van der Waals surface area contributed by atoms with Gasteiger partial charge in [-0.15, -0.1) is 0 Å². The van der Waals surface area contributed by atoms with Crippen LogP contribution in [0.25, 0.3) is 17.5 Å². The second-order valence-corrected chi connectivity index (χ2v) is 5.62. The lowest BCUT2D eigenvalue weighted by atomic mass is 10.2. The average molecular weight is 348 g/mol. The number of nitrogens with one attached hydrogen (secondary N) is 2. The third-order valence-corrected chi connectivity index (χ3v) is 3.77. The summed E-state index contributed by atoms with van der Waals surface area (Å²) in [5, 5.41) is 9.95. The Balaban J connectivity index is 1.48. The van der Waals surface area contributed by atoms with E-state index in [-0.39, 0.29) is 5.91 Å². The van der Waals surface area contributed by atoms with Gasteiger partial charge in [-0.2, -0.15) is 5.10 Å². The maximum Gasteiger partial charge on any atom is 0.244 e. The molecule has 0 atom stereocenters. The first-order chi connectivity index (χ1) is 12.7. The number of carbonyl (C=O) groups is 1. The van der Waals surface area contributed by atoms with Gasteiger partial charge >= 0.3 is 0 Å². The predicted octanol–water partition coefficient (Wildman–Crippen LogP) is 2.85. The molecule has 0 radical (unpaired) electrons. The highest BCUT2D eigenvalue weighted by atomic mass is 16.5. The molecule has 0 fully saturated rings. The van der Waals surface area contributed by atoms with Crippen molar-refractivity contribution in [2.45, 2.75) is 6.42 Å². The second-order valence-electron chi connectivity index (χ2n) is 5.62. The molecule has 0 saturated carbocycles. The third-order valence-electron chi connectivity index (χ3n) is 3.77. The zero-order valence-corrected chi connectivity index (χ0v) is 14.5. The average Bonchev–Trinajstić information content (AvgIpc) is 3.16. The number of aromatic nitrogens is 3. The lowest BCUT2D eigenvalue weighted by Gasteiger charge is -2.00. The predicted molar refractivity (Wildman–Crippen MR) is 101 cm³/mol. The van der Waals surface area contributed by atoms with Gasteiger partial charge in [-0.25, -0.2) is 4.98 Å². The van der Waals surface area contributed by atoms with E-state index in [9.17, 15) is 4.79 Å². The number of rotatable bonds is 7. The summed E-state index contributed by atoms with van der Waals surface area (Å²) in [5.41, 5.74) is 1.89. The molecular formula is C20H20N4O2. The van der Waals surface area contributed by atoms with E-state index >= 15 is 0 Å². The van der Waals surface area contributed by atoms with Gasteiger partial charge < -0.3 is 10.1 Å². The fraction of sp³-hybridized carbons (Fsp3) is 0.150. The van der Waals surface area contributed by atoms with E-state index in [0.29, 0.717) is 18.8 Å². The zero-order chi connectivity index (χ0) is 18.2. The summed E-state index contributed by atoms with van der Waals surface area (Å²) in [6, 6.07) is 17.2. The number of hydrogen-bond donors (Lipinski definition) is 2. The third kappa shape index (κ3) is 4.80. The number of amides is 1. The maximum atomic E-state index is 11.8. The van der Waals surface area contributed by atoms with Crippen LogP contribution in [0.4, 0.5) is 0 Å². The maximum absolute atomic E-state index is 11.8. The van der Waals surface area contributed by atoms with Crippen molar-refractivity contribution in [2.24, 2.45) is 0 Å². The Morgan fingerprint density at radius 2 is 1.92 bits per heavy atom. The minimum absolute atomic E-state index is 0.135. The topological polar surface area (TPSA) is 79.9 Å². The standard InChI is InChI=1S/C20H20N4O2/c1-26-17-10-8-16(9-11-17)20-22-18(23-24-20)13-14-21-19(25)12-7-15-5-3-2-4-6-15/h2-12H,13-14H2,1H3,(H,21,25)(H,22,23,24)/b12-7+. The number of carbonyl (C=O) groups excluding carboxylic acids is 1. The molecule has 0 unspecified atom stereocenters. The van der Waals surface area contributed by atoms with Gasteiger partial charge in [-0.3, -0.25) is 9.89 Å². The van der Waals surface area contributed by atoms with Crippen LogP contribution in [0.2, 0.25) is 0 Å². The highest BCUT2D eigenvalue weighted by Crippen LogP contribution is 2.18. The molecule has 0 saturated heterocycles. The smallest absolute Gasteiger partial charge is 0.244 e. The van der Waals surface area contributed by atoms with Crippen molar-refractivity contribution in [1.29, 1.82) is 0 Å². The monoisotopic (exact) mass is 348 g/mol. The molecule has 6 nitrogen and oxygen atoms in total. The van der Waals surface area contributed by atoms with Crippen LogP contribution in [0.1, 0.15) is 11.4 Å². The van der Waals surface area contributed by atoms with Crippen LogP contribution in [-0.2, 0) is 11.2 Å². The quantitative estimate of drug-likeness (QED) is 0.644. The Labute approximate surface area is 151 Å². The summed E-state index contributed by atoms with van der Waals surface area (Å²) in [7, 11) is 1.63. The summed E-state index contributed by atoms with van der Waals surface area (Å²) >= 11 is 0. The van der Waals surface area contributed by atoms with E-state index in [1.165, 1.54) is 6.08 Å². The van der Waals surface area contributed by atoms with E-state index in [4.69, 9.17) is 4.74 Å². The largest absolute Gasteiger partial charge is 0.497 e. The highest BCUT2D eigenvalue weighted by molar-refractivity contribution is 5.91. The van der Waals surface area contributed by atoms with E-state index in [2.05, 4.69) is 20.5 Å². The van der Waals surface area contributed by atoms with Gasteiger partial charge in [0.1, 0.15) is 11.6 Å². The number of methoxy groups -OCH3 is 1. The Morgan fingerprint density at radius 3 is 2.65 bits per heavy atom. The Bertz CT molecular complexity index is 870. The lowest BCUT2D eigenvalue weighted by Crippen LogP contribution is -2.23. The first-order valence-electron chi connectivity index (χ1n) is 8.31. The Morgan fingerprint density at radius 1 is 1.15 bits per heavy atom. The van der Waals surface area contributed by atoms with Crippen LogP contribution in [0.3, 0.4) is 0 Å². The fourth-order valence-electron chi connectivity index (χ4n) is 2.38. The number of H-pyrrole nitrogens is 1. The van der Waals surface area contributed by atoms with Crippen LogP contribution in [-0.4, -0.2) is 34.7 Å². The molecule has 0 aliphatic rings. The van der Waals surface area contributed by atoms with Gasteiger partial charge in [0.05, 0.1) is 7.11 Å². The first-order valence-corrected chi connectivity index (χ1v) is 8.31. The molecule has 3 aromatic rings. The molecule has 6 heteroatoms. The van der Waals surface area contributed by atoms with Gasteiger partial charge in [0, 0.05) is 24.6 Å².